The highest BCUT2D eigenvalue weighted by Gasteiger charge is 2.76. The van der Waals surface area contributed by atoms with Crippen molar-refractivity contribution in [1.29, 1.82) is 0 Å². The summed E-state index contributed by atoms with van der Waals surface area (Å²) in [6.07, 6.45) is 14.3. The van der Waals surface area contributed by atoms with Crippen LogP contribution in [0, 0.1) is 34.5 Å². The van der Waals surface area contributed by atoms with Gasteiger partial charge in [0.15, 0.2) is 24.3 Å². The number of hydrogen-bond acceptors (Lipinski definition) is 9. The van der Waals surface area contributed by atoms with Crippen molar-refractivity contribution in [3.05, 3.63) is 53.9 Å². The maximum atomic E-state index is 14.6. The number of pyridine rings is 1. The first-order chi connectivity index (χ1) is 22.5. The molecule has 5 aliphatic carbocycles. The van der Waals surface area contributed by atoms with E-state index in [4.69, 9.17) is 14.2 Å². The number of fused-ring (bicyclic) bond motifs is 7. The topological polar surface area (TPSA) is 141 Å². The summed E-state index contributed by atoms with van der Waals surface area (Å²) in [6, 6.07) is 2.23. The molecule has 6 aliphatic rings. The van der Waals surface area contributed by atoms with Crippen LogP contribution < -0.4 is 5.32 Å². The van der Waals surface area contributed by atoms with Crippen molar-refractivity contribution in [3.8, 4) is 0 Å². The zero-order valence-electron chi connectivity index (χ0n) is 27.5. The van der Waals surface area contributed by atoms with E-state index < -0.39 is 59.5 Å². The molecule has 10 atom stereocenters. The lowest BCUT2D eigenvalue weighted by Crippen LogP contribution is -2.64. The van der Waals surface area contributed by atoms with E-state index in [1.165, 1.54) is 19.5 Å². The Morgan fingerprint density at radius 2 is 1.96 bits per heavy atom. The Bertz CT molecular complexity index is 1500. The van der Waals surface area contributed by atoms with E-state index in [0.29, 0.717) is 18.4 Å². The molecule has 47 heavy (non-hydrogen) atoms. The fourth-order valence-electron chi connectivity index (χ4n) is 10.4. The smallest absolute Gasteiger partial charge is 0.328 e. The molecule has 0 unspecified atom stereocenters. The number of ketones is 2. The Hall–Kier alpha value is -3.21. The van der Waals surface area contributed by atoms with Gasteiger partial charge in [-0.3, -0.25) is 19.4 Å². The normalized spacial score (nSPS) is 39.9. The quantitative estimate of drug-likeness (QED) is 0.416. The van der Waals surface area contributed by atoms with Crippen molar-refractivity contribution in [2.45, 2.75) is 109 Å². The van der Waals surface area contributed by atoms with Gasteiger partial charge in [0.1, 0.15) is 6.04 Å². The number of ether oxygens (including phenoxy) is 3. The van der Waals surface area contributed by atoms with Crippen LogP contribution in [-0.4, -0.2) is 70.3 Å². The molecule has 5 fully saturated rings. The van der Waals surface area contributed by atoms with Crippen molar-refractivity contribution >= 4 is 23.4 Å². The third kappa shape index (κ3) is 5.13. The van der Waals surface area contributed by atoms with E-state index in [0.717, 1.165) is 44.1 Å². The molecule has 1 aliphatic heterocycles. The fourth-order valence-corrected chi connectivity index (χ4v) is 10.4. The molecule has 0 aromatic carbocycles. The lowest BCUT2D eigenvalue weighted by molar-refractivity contribution is -0.210. The minimum absolute atomic E-state index is 0.0120. The van der Waals surface area contributed by atoms with Crippen molar-refractivity contribution < 1.29 is 38.5 Å². The second-order valence-electron chi connectivity index (χ2n) is 15.2. The van der Waals surface area contributed by atoms with Crippen LogP contribution in [0.15, 0.2) is 48.3 Å². The number of carbonyl (C=O) groups excluding carboxylic acids is 4. The molecule has 252 valence electrons. The van der Waals surface area contributed by atoms with Gasteiger partial charge in [-0.25, -0.2) is 4.79 Å². The number of Topliss-reactive ketones (excluding diaryl/α,β-unsaturated/α-hetero) is 1. The van der Waals surface area contributed by atoms with Crippen LogP contribution in [0.4, 0.5) is 0 Å². The minimum atomic E-state index is -1.39. The van der Waals surface area contributed by atoms with Crippen LogP contribution in [0.2, 0.25) is 0 Å². The van der Waals surface area contributed by atoms with Gasteiger partial charge >= 0.3 is 5.97 Å². The summed E-state index contributed by atoms with van der Waals surface area (Å²) in [5.74, 6) is -1.38. The molecule has 1 saturated heterocycles. The molecule has 10 heteroatoms. The number of nitrogens with one attached hydrogen (secondary N) is 1. The minimum Gasteiger partial charge on any atom is -0.456 e. The molecule has 0 spiro atoms. The number of nitrogens with zero attached hydrogens (tertiary/aromatic N) is 1. The number of allylic oxidation sites excluding steroid dienone is 4. The molecule has 2 heterocycles. The van der Waals surface area contributed by atoms with Gasteiger partial charge < -0.3 is 24.6 Å². The van der Waals surface area contributed by atoms with Gasteiger partial charge in [-0.1, -0.05) is 44.8 Å². The highest BCUT2D eigenvalue weighted by molar-refractivity contribution is 6.01. The summed E-state index contributed by atoms with van der Waals surface area (Å²) < 4.78 is 19.2. The molecular weight excluding hydrogens is 600 g/mol. The van der Waals surface area contributed by atoms with Crippen LogP contribution in [0.3, 0.4) is 0 Å². The number of aliphatic hydroxyl groups excluding tert-OH is 1. The van der Waals surface area contributed by atoms with E-state index in [1.54, 1.807) is 30.5 Å². The average Bonchev–Trinajstić information content (AvgIpc) is 3.57. The summed E-state index contributed by atoms with van der Waals surface area (Å²) in [5.41, 5.74) is -1.21. The van der Waals surface area contributed by atoms with E-state index in [2.05, 4.69) is 24.1 Å². The Balaban J connectivity index is 1.14. The number of amides is 1. The number of rotatable bonds is 7. The molecule has 2 N–H and O–H groups in total. The number of carbonyl (C=O) groups is 4. The maximum absolute atomic E-state index is 14.6. The molecule has 1 aromatic rings. The van der Waals surface area contributed by atoms with Gasteiger partial charge in [0.2, 0.25) is 5.78 Å². The second kappa shape index (κ2) is 12.0. The van der Waals surface area contributed by atoms with Gasteiger partial charge in [-0.05, 0) is 81.6 Å². The number of esters is 1. The third-order valence-electron chi connectivity index (χ3n) is 12.7. The monoisotopic (exact) mass is 646 g/mol. The summed E-state index contributed by atoms with van der Waals surface area (Å²) >= 11 is 0. The van der Waals surface area contributed by atoms with Crippen molar-refractivity contribution in [2.75, 3.05) is 6.61 Å². The first kappa shape index (κ1) is 32.3. The fraction of sp³-hybridized carbons (Fsp3) is 0.649. The first-order valence-corrected chi connectivity index (χ1v) is 17.3. The van der Waals surface area contributed by atoms with Crippen molar-refractivity contribution in [3.63, 3.8) is 0 Å². The van der Waals surface area contributed by atoms with Crippen molar-refractivity contribution in [2.24, 2.45) is 34.5 Å². The zero-order valence-corrected chi connectivity index (χ0v) is 27.5. The Kier molecular flexibility index (Phi) is 8.28. The van der Waals surface area contributed by atoms with Crippen LogP contribution in [0.5, 0.6) is 0 Å². The van der Waals surface area contributed by atoms with Gasteiger partial charge in [0.25, 0.3) is 5.91 Å². The maximum Gasteiger partial charge on any atom is 0.328 e. The number of aromatic nitrogens is 1. The van der Waals surface area contributed by atoms with E-state index in [-0.39, 0.29) is 35.2 Å². The van der Waals surface area contributed by atoms with Gasteiger partial charge in [-0.2, -0.15) is 0 Å². The van der Waals surface area contributed by atoms with Crippen molar-refractivity contribution in [1.82, 2.24) is 10.3 Å². The largest absolute Gasteiger partial charge is 0.456 e. The van der Waals surface area contributed by atoms with Crippen LogP contribution >= 0.6 is 0 Å². The zero-order chi connectivity index (χ0) is 33.1. The lowest BCUT2D eigenvalue weighted by Gasteiger charge is -2.59. The predicted octanol–water partition coefficient (Wildman–Crippen LogP) is 4.26. The molecule has 0 radical (unpaired) electrons. The Labute approximate surface area is 275 Å². The van der Waals surface area contributed by atoms with E-state index in [9.17, 15) is 24.3 Å². The van der Waals surface area contributed by atoms with E-state index >= 15 is 0 Å². The Morgan fingerprint density at radius 1 is 1.17 bits per heavy atom. The molecule has 1 aromatic heterocycles. The Morgan fingerprint density at radius 3 is 2.70 bits per heavy atom. The summed E-state index contributed by atoms with van der Waals surface area (Å²) in [6.45, 7) is 5.18. The molecule has 7 rings (SSSR count). The van der Waals surface area contributed by atoms with Gasteiger partial charge in [0.05, 0.1) is 17.8 Å². The van der Waals surface area contributed by atoms with Gasteiger partial charge in [-0.15, -0.1) is 0 Å². The first-order valence-electron chi connectivity index (χ1n) is 17.3. The van der Waals surface area contributed by atoms with Crippen LogP contribution in [0.1, 0.15) is 88.9 Å². The number of hydrogen-bond donors (Lipinski definition) is 2. The third-order valence-corrected chi connectivity index (χ3v) is 12.7. The summed E-state index contributed by atoms with van der Waals surface area (Å²) in [4.78, 5) is 56.5. The second-order valence-corrected chi connectivity index (χ2v) is 15.2. The average molecular weight is 647 g/mol. The summed E-state index contributed by atoms with van der Waals surface area (Å²) in [7, 11) is 0. The predicted molar refractivity (Wildman–Crippen MR) is 170 cm³/mol. The molecule has 0 bridgehead atoms. The highest BCUT2D eigenvalue weighted by atomic mass is 16.7. The van der Waals surface area contributed by atoms with E-state index in [1.807, 2.05) is 6.08 Å². The SMILES string of the molecule is C[C@@H](NC(=O)c1cccnc1)C(=O)OCC(=O)[C@@]12O[C@H](C3CCCCC3)O[C@@H]1C[C@H]1[C@@H]3CCC4=CC(=O)C=C[C@]4(C)[C@H]3[C@@H](O)C[C@@]12C. The highest BCUT2D eigenvalue weighted by Crippen LogP contribution is 2.70. The standard InChI is InChI=1S/C37H46N2O8/c1-21(39-32(43)23-10-7-15-38-19-23)33(44)45-20-29(42)37-30(46-34(47-37)22-8-5-4-6-9-22)17-27-26-12-11-24-16-25(40)13-14-35(24,2)31(26)28(41)18-36(27,37)3/h7,10,13-16,19,21-22,26-28,30-31,34,41H,4-6,8-9,11-12,17-18,20H2,1-3H3,(H,39,43)/t21-,26+,27+,28+,30-,31-,34-,35+,36+,37-/m1/s1. The molecule has 4 saturated carbocycles. The van der Waals surface area contributed by atoms with Gasteiger partial charge in [0, 0.05) is 35.1 Å². The molecule has 1 amide bonds. The van der Waals surface area contributed by atoms with Crippen LogP contribution in [0.25, 0.3) is 0 Å². The van der Waals surface area contributed by atoms with Crippen LogP contribution in [-0.2, 0) is 28.6 Å². The molecular formula is C37H46N2O8. The number of aliphatic hydroxyl groups is 1. The lowest BCUT2D eigenvalue weighted by atomic mass is 9.46. The molecule has 10 nitrogen and oxygen atoms in total. The summed E-state index contributed by atoms with van der Waals surface area (Å²) in [5, 5.41) is 14.6.